The molecule has 0 aliphatic heterocycles. The minimum Gasteiger partial charge on any atom is -0.395 e. The average Bonchev–Trinajstić information content (AvgIpc) is 2.88. The number of aryl methyl sites for hydroxylation is 3. The van der Waals surface area contributed by atoms with Gasteiger partial charge in [-0.2, -0.15) is 5.10 Å². The molecule has 0 aromatic carbocycles. The lowest BCUT2D eigenvalue weighted by atomic mass is 10.2. The highest BCUT2D eigenvalue weighted by molar-refractivity contribution is 6.05. The van der Waals surface area contributed by atoms with Crippen LogP contribution in [0.3, 0.4) is 0 Å². The van der Waals surface area contributed by atoms with Crippen LogP contribution in [0.15, 0.2) is 0 Å². The third-order valence-corrected chi connectivity index (χ3v) is 3.19. The molecule has 2 rings (SSSR count). The van der Waals surface area contributed by atoms with Gasteiger partial charge < -0.3 is 5.73 Å². The van der Waals surface area contributed by atoms with Gasteiger partial charge in [0.1, 0.15) is 0 Å². The Labute approximate surface area is 122 Å². The Kier molecular flexibility index (Phi) is 4.46. The Bertz CT molecular complexity index is 650. The smallest absolute Gasteiger partial charge is 0.280 e. The monoisotopic (exact) mass is 289 g/mol. The summed E-state index contributed by atoms with van der Waals surface area (Å²) in [5.41, 5.74) is 8.75. The van der Waals surface area contributed by atoms with E-state index in [9.17, 15) is 4.79 Å². The van der Waals surface area contributed by atoms with E-state index >= 15 is 0 Å². The van der Waals surface area contributed by atoms with E-state index in [1.807, 2.05) is 20.8 Å². The van der Waals surface area contributed by atoms with E-state index in [2.05, 4.69) is 30.7 Å². The summed E-state index contributed by atoms with van der Waals surface area (Å²) < 4.78 is 0. The van der Waals surface area contributed by atoms with Gasteiger partial charge in [0.2, 0.25) is 5.95 Å². The fraction of sp³-hybridized carbons (Fsp3) is 0.462. The van der Waals surface area contributed by atoms with Crippen molar-refractivity contribution in [2.45, 2.75) is 40.0 Å². The summed E-state index contributed by atoms with van der Waals surface area (Å²) >= 11 is 0. The predicted molar refractivity (Wildman–Crippen MR) is 78.9 cm³/mol. The molecule has 0 saturated carbocycles. The van der Waals surface area contributed by atoms with Gasteiger partial charge in [0, 0.05) is 0 Å². The number of carbonyl (C=O) groups is 1. The lowest BCUT2D eigenvalue weighted by molar-refractivity contribution is 0.102. The largest absolute Gasteiger partial charge is 0.395 e. The lowest BCUT2D eigenvalue weighted by Crippen LogP contribution is -2.18. The molecule has 0 radical (unpaired) electrons. The van der Waals surface area contributed by atoms with Gasteiger partial charge in [-0.3, -0.25) is 15.2 Å². The second-order valence-corrected chi connectivity index (χ2v) is 4.51. The number of rotatable bonds is 5. The first-order chi connectivity index (χ1) is 10.1. The summed E-state index contributed by atoms with van der Waals surface area (Å²) in [7, 11) is 0. The lowest BCUT2D eigenvalue weighted by Gasteiger charge is -2.06. The highest BCUT2D eigenvalue weighted by atomic mass is 16.2. The zero-order valence-electron chi connectivity index (χ0n) is 12.4. The number of H-pyrrole nitrogens is 1. The molecule has 0 spiro atoms. The Morgan fingerprint density at radius 3 is 2.43 bits per heavy atom. The summed E-state index contributed by atoms with van der Waals surface area (Å²) in [5, 5.41) is 17.2. The first-order valence-electron chi connectivity index (χ1n) is 6.97. The summed E-state index contributed by atoms with van der Waals surface area (Å²) in [5.74, 6) is -0.286. The molecular formula is C13H19N7O. The number of nitrogens with one attached hydrogen (secondary N) is 2. The molecule has 8 heteroatoms. The number of hydrogen-bond donors (Lipinski definition) is 3. The number of hydrogen-bond acceptors (Lipinski definition) is 6. The van der Waals surface area contributed by atoms with Crippen LogP contribution in [-0.4, -0.2) is 31.3 Å². The molecule has 4 N–H and O–H groups in total. The van der Waals surface area contributed by atoms with Crippen LogP contribution in [0.5, 0.6) is 0 Å². The maximum atomic E-state index is 12.1. The summed E-state index contributed by atoms with van der Waals surface area (Å²) in [6.45, 7) is 5.89. The van der Waals surface area contributed by atoms with Crippen LogP contribution in [-0.2, 0) is 19.3 Å². The van der Waals surface area contributed by atoms with Crippen molar-refractivity contribution >= 4 is 17.5 Å². The highest BCUT2D eigenvalue weighted by Crippen LogP contribution is 2.15. The number of nitrogens with two attached hydrogens (primary N) is 1. The van der Waals surface area contributed by atoms with E-state index in [1.54, 1.807) is 0 Å². The van der Waals surface area contributed by atoms with Crippen LogP contribution < -0.4 is 11.1 Å². The van der Waals surface area contributed by atoms with E-state index in [4.69, 9.17) is 5.73 Å². The van der Waals surface area contributed by atoms with Crippen molar-refractivity contribution in [1.82, 2.24) is 25.4 Å². The van der Waals surface area contributed by atoms with Crippen molar-refractivity contribution in [3.05, 3.63) is 22.8 Å². The van der Waals surface area contributed by atoms with E-state index in [-0.39, 0.29) is 11.6 Å². The topological polar surface area (TPSA) is 122 Å². The molecule has 0 bridgehead atoms. The molecule has 0 unspecified atom stereocenters. The molecule has 2 aromatic heterocycles. The van der Waals surface area contributed by atoms with Crippen LogP contribution in [0.2, 0.25) is 0 Å². The summed E-state index contributed by atoms with van der Waals surface area (Å²) in [4.78, 5) is 16.4. The van der Waals surface area contributed by atoms with E-state index in [1.165, 1.54) is 0 Å². The third-order valence-electron chi connectivity index (χ3n) is 3.19. The van der Waals surface area contributed by atoms with Gasteiger partial charge in [0.25, 0.3) is 5.91 Å². The van der Waals surface area contributed by atoms with Gasteiger partial charge in [-0.25, -0.2) is 4.98 Å². The number of amides is 1. The van der Waals surface area contributed by atoms with Crippen molar-refractivity contribution < 1.29 is 4.79 Å². The van der Waals surface area contributed by atoms with Gasteiger partial charge >= 0.3 is 0 Å². The minimum absolute atomic E-state index is 0.146. The Balaban J connectivity index is 2.21. The fourth-order valence-electron chi connectivity index (χ4n) is 1.98. The average molecular weight is 289 g/mol. The fourth-order valence-corrected chi connectivity index (χ4v) is 1.98. The molecule has 2 aromatic rings. The van der Waals surface area contributed by atoms with Crippen molar-refractivity contribution in [3.63, 3.8) is 0 Å². The van der Waals surface area contributed by atoms with Crippen molar-refractivity contribution in [2.24, 2.45) is 0 Å². The summed E-state index contributed by atoms with van der Waals surface area (Å²) in [6.07, 6.45) is 2.16. The molecule has 0 fully saturated rings. The standard InChI is InChI=1S/C13H19N7O/c1-4-7-8(5-2)17-20-13(15-7)16-12(21)11-10(14)9(6-3)18-19-11/h4-6,14H2,1-3H3,(H,18,19)(H,15,16,20,21). The van der Waals surface area contributed by atoms with Crippen LogP contribution in [0.4, 0.5) is 11.6 Å². The van der Waals surface area contributed by atoms with E-state index < -0.39 is 5.91 Å². The first kappa shape index (κ1) is 14.9. The molecule has 0 aliphatic rings. The maximum Gasteiger partial charge on any atom is 0.280 e. The number of aromatic amines is 1. The second kappa shape index (κ2) is 6.29. The number of carbonyl (C=O) groups excluding carboxylic acids is 1. The zero-order chi connectivity index (χ0) is 15.4. The number of nitrogens with zero attached hydrogens (tertiary/aromatic N) is 4. The first-order valence-corrected chi connectivity index (χ1v) is 6.97. The summed E-state index contributed by atoms with van der Waals surface area (Å²) in [6, 6.07) is 0. The molecule has 0 atom stereocenters. The SMILES string of the molecule is CCc1nnc(NC(=O)c2n[nH]c(CC)c2N)nc1CC. The Morgan fingerprint density at radius 2 is 1.86 bits per heavy atom. The Morgan fingerprint density at radius 1 is 1.14 bits per heavy atom. The van der Waals surface area contributed by atoms with Crippen molar-refractivity contribution in [3.8, 4) is 0 Å². The van der Waals surface area contributed by atoms with Gasteiger partial charge in [-0.1, -0.05) is 20.8 Å². The van der Waals surface area contributed by atoms with Gasteiger partial charge in [-0.05, 0) is 19.3 Å². The highest BCUT2D eigenvalue weighted by Gasteiger charge is 2.18. The number of nitrogen functional groups attached to an aromatic ring is 1. The minimum atomic E-state index is -0.448. The van der Waals surface area contributed by atoms with Gasteiger partial charge in [0.15, 0.2) is 5.69 Å². The van der Waals surface area contributed by atoms with E-state index in [0.29, 0.717) is 12.1 Å². The maximum absolute atomic E-state index is 12.1. The molecule has 21 heavy (non-hydrogen) atoms. The number of anilines is 2. The normalized spacial score (nSPS) is 10.6. The van der Waals surface area contributed by atoms with Crippen molar-refractivity contribution in [1.29, 1.82) is 0 Å². The van der Waals surface area contributed by atoms with Gasteiger partial charge in [-0.15, -0.1) is 10.2 Å². The molecule has 0 aliphatic carbocycles. The number of aromatic nitrogens is 5. The predicted octanol–water partition coefficient (Wildman–Crippen LogP) is 1.12. The van der Waals surface area contributed by atoms with E-state index in [0.717, 1.165) is 29.9 Å². The van der Waals surface area contributed by atoms with Crippen LogP contribution in [0.1, 0.15) is 48.3 Å². The van der Waals surface area contributed by atoms with Crippen LogP contribution >= 0.6 is 0 Å². The molecule has 0 saturated heterocycles. The molecule has 8 nitrogen and oxygen atoms in total. The zero-order valence-corrected chi connectivity index (χ0v) is 12.4. The van der Waals surface area contributed by atoms with Gasteiger partial charge in [0.05, 0.1) is 22.8 Å². The molecule has 2 heterocycles. The molecule has 112 valence electrons. The molecule has 1 amide bonds. The third kappa shape index (κ3) is 2.99. The quantitative estimate of drug-likeness (QED) is 0.758. The van der Waals surface area contributed by atoms with Crippen LogP contribution in [0.25, 0.3) is 0 Å². The molecular weight excluding hydrogens is 270 g/mol. The van der Waals surface area contributed by atoms with Crippen LogP contribution in [0, 0.1) is 0 Å². The Hall–Kier alpha value is -2.51. The second-order valence-electron chi connectivity index (χ2n) is 4.51. The van der Waals surface area contributed by atoms with Crippen molar-refractivity contribution in [2.75, 3.05) is 11.1 Å².